The van der Waals surface area contributed by atoms with Gasteiger partial charge in [-0.25, -0.2) is 0 Å². The van der Waals surface area contributed by atoms with Gasteiger partial charge in [-0.2, -0.15) is 0 Å². The minimum atomic E-state index is -0.246. The lowest BCUT2D eigenvalue weighted by Gasteiger charge is -2.36. The van der Waals surface area contributed by atoms with Crippen molar-refractivity contribution in [2.24, 2.45) is 0 Å². The van der Waals surface area contributed by atoms with E-state index in [2.05, 4.69) is 201 Å². The van der Waals surface area contributed by atoms with Gasteiger partial charge in [0.2, 0.25) is 0 Å². The highest BCUT2D eigenvalue weighted by atomic mass is 32.1. The molecule has 57 heavy (non-hydrogen) atoms. The van der Waals surface area contributed by atoms with E-state index in [0.29, 0.717) is 5.92 Å². The summed E-state index contributed by atoms with van der Waals surface area (Å²) in [6, 6.07) is 56.7. The zero-order chi connectivity index (χ0) is 38.2. The Morgan fingerprint density at radius 2 is 1.30 bits per heavy atom. The fourth-order valence-corrected chi connectivity index (χ4v) is 12.0. The van der Waals surface area contributed by atoms with Crippen molar-refractivity contribution in [1.29, 1.82) is 0 Å². The molecule has 1 atom stereocenters. The summed E-state index contributed by atoms with van der Waals surface area (Å²) in [6.45, 7) is 9.64. The van der Waals surface area contributed by atoms with Gasteiger partial charge in [0.15, 0.2) is 0 Å². The zero-order valence-corrected chi connectivity index (χ0v) is 33.5. The van der Waals surface area contributed by atoms with Crippen LogP contribution in [0.25, 0.3) is 53.2 Å². The average molecular weight is 751 g/mol. The van der Waals surface area contributed by atoms with Crippen molar-refractivity contribution in [1.82, 2.24) is 4.57 Å². The van der Waals surface area contributed by atoms with Crippen molar-refractivity contribution >= 4 is 76.0 Å². The first-order chi connectivity index (χ1) is 27.8. The maximum absolute atomic E-state index is 2.55. The maximum atomic E-state index is 2.55. The lowest BCUT2D eigenvalue weighted by atomic mass is 9.74. The molecule has 274 valence electrons. The van der Waals surface area contributed by atoms with Gasteiger partial charge in [0, 0.05) is 64.8 Å². The normalized spacial score (nSPS) is 17.4. The Labute approximate surface area is 337 Å². The average Bonchev–Trinajstić information content (AvgIpc) is 3.87. The number of aromatic nitrogens is 1. The summed E-state index contributed by atoms with van der Waals surface area (Å²) in [5.74, 6) is 0.476. The molecule has 1 aliphatic heterocycles. The SMILES string of the molecule is CC1(C)C2=CC(c3ccc(N(c4ccccc4)c4ccc5c(c4)C(C)(C)c4cc6c7ccccc7sc6c6c7ccccc7n-5c46)cc3)=CCC2c2ccccc21. The minimum Gasteiger partial charge on any atom is -0.310 e. The van der Waals surface area contributed by atoms with Crippen molar-refractivity contribution in [2.45, 2.75) is 50.9 Å². The van der Waals surface area contributed by atoms with Gasteiger partial charge in [-0.1, -0.05) is 136 Å². The number of anilines is 3. The molecule has 2 aliphatic carbocycles. The van der Waals surface area contributed by atoms with E-state index in [1.807, 2.05) is 11.3 Å². The number of rotatable bonds is 4. The van der Waals surface area contributed by atoms with Crippen molar-refractivity contribution in [3.8, 4) is 5.69 Å². The van der Waals surface area contributed by atoms with Crippen LogP contribution >= 0.6 is 11.3 Å². The summed E-state index contributed by atoms with van der Waals surface area (Å²) >= 11 is 1.93. The zero-order valence-electron chi connectivity index (χ0n) is 32.7. The summed E-state index contributed by atoms with van der Waals surface area (Å²) in [4.78, 5) is 2.43. The molecular weight excluding hydrogens is 709 g/mol. The monoisotopic (exact) mass is 750 g/mol. The number of thiophene rings is 1. The second-order valence-corrected chi connectivity index (χ2v) is 18.3. The third-order valence-corrected chi connectivity index (χ3v) is 14.8. The highest BCUT2D eigenvalue weighted by molar-refractivity contribution is 7.26. The second kappa shape index (κ2) is 11.7. The third-order valence-electron chi connectivity index (χ3n) is 13.6. The van der Waals surface area contributed by atoms with Crippen molar-refractivity contribution < 1.29 is 0 Å². The van der Waals surface area contributed by atoms with Crippen LogP contribution in [0.2, 0.25) is 0 Å². The van der Waals surface area contributed by atoms with Crippen LogP contribution in [-0.2, 0) is 10.8 Å². The summed E-state index contributed by atoms with van der Waals surface area (Å²) in [6.07, 6.45) is 5.98. The Morgan fingerprint density at radius 3 is 2.14 bits per heavy atom. The van der Waals surface area contributed by atoms with Crippen LogP contribution in [0.5, 0.6) is 0 Å². The van der Waals surface area contributed by atoms with E-state index in [0.717, 1.165) is 23.5 Å². The molecule has 9 aromatic rings. The molecule has 2 aromatic heterocycles. The van der Waals surface area contributed by atoms with E-state index in [1.54, 1.807) is 0 Å². The number of allylic oxidation sites excluding steroid dienone is 4. The molecule has 3 aliphatic rings. The Hall–Kier alpha value is -6.16. The maximum Gasteiger partial charge on any atom is 0.0596 e. The van der Waals surface area contributed by atoms with E-state index in [1.165, 1.54) is 86.6 Å². The predicted octanol–water partition coefficient (Wildman–Crippen LogP) is 15.0. The van der Waals surface area contributed by atoms with Crippen LogP contribution in [0.15, 0.2) is 169 Å². The van der Waals surface area contributed by atoms with Crippen LogP contribution in [0.4, 0.5) is 17.1 Å². The first-order valence-corrected chi connectivity index (χ1v) is 21.1. The van der Waals surface area contributed by atoms with Gasteiger partial charge in [-0.15, -0.1) is 11.3 Å². The Morgan fingerprint density at radius 1 is 0.596 bits per heavy atom. The lowest BCUT2D eigenvalue weighted by Crippen LogP contribution is -2.27. The molecule has 0 spiro atoms. The number of nitrogens with zero attached hydrogens (tertiary/aromatic N) is 2. The van der Waals surface area contributed by atoms with Gasteiger partial charge in [-0.05, 0) is 100 Å². The third kappa shape index (κ3) is 4.52. The highest BCUT2D eigenvalue weighted by Crippen LogP contribution is 2.55. The fourth-order valence-electron chi connectivity index (χ4n) is 10.7. The van der Waals surface area contributed by atoms with E-state index in [4.69, 9.17) is 0 Å². The van der Waals surface area contributed by atoms with Crippen molar-refractivity contribution in [3.63, 3.8) is 0 Å². The van der Waals surface area contributed by atoms with E-state index in [-0.39, 0.29) is 10.8 Å². The van der Waals surface area contributed by atoms with E-state index < -0.39 is 0 Å². The molecule has 0 bridgehead atoms. The predicted molar refractivity (Wildman–Crippen MR) is 243 cm³/mol. The van der Waals surface area contributed by atoms with Crippen LogP contribution < -0.4 is 4.90 Å². The first kappa shape index (κ1) is 33.0. The number of fused-ring (bicyclic) bond motifs is 12. The Balaban J connectivity index is 0.998. The van der Waals surface area contributed by atoms with Crippen molar-refractivity contribution in [2.75, 3.05) is 4.90 Å². The molecule has 7 aromatic carbocycles. The Bertz CT molecular complexity index is 3210. The topological polar surface area (TPSA) is 8.17 Å². The molecular formula is C54H42N2S. The summed E-state index contributed by atoms with van der Waals surface area (Å²) < 4.78 is 5.28. The quantitative estimate of drug-likeness (QED) is 0.174. The number of para-hydroxylation sites is 2. The molecule has 0 fully saturated rings. The van der Waals surface area contributed by atoms with Gasteiger partial charge in [0.1, 0.15) is 0 Å². The molecule has 3 heteroatoms. The van der Waals surface area contributed by atoms with E-state index in [9.17, 15) is 0 Å². The lowest BCUT2D eigenvalue weighted by molar-refractivity contribution is 0.613. The molecule has 0 amide bonds. The number of benzene rings is 7. The molecule has 0 N–H and O–H groups in total. The van der Waals surface area contributed by atoms with Gasteiger partial charge in [-0.3, -0.25) is 0 Å². The van der Waals surface area contributed by atoms with Gasteiger partial charge < -0.3 is 9.47 Å². The van der Waals surface area contributed by atoms with E-state index >= 15 is 0 Å². The summed E-state index contributed by atoms with van der Waals surface area (Å²) in [7, 11) is 0. The van der Waals surface area contributed by atoms with Gasteiger partial charge in [0.25, 0.3) is 0 Å². The van der Waals surface area contributed by atoms with Crippen LogP contribution in [-0.4, -0.2) is 4.57 Å². The molecule has 0 saturated carbocycles. The standard InChI is InChI=1S/C54H42N2S/c1-53(2)43-19-11-8-16-38(43)39-28-24-34(30-44(39)53)33-22-25-36(26-23-33)55(35-14-6-5-7-15-35)37-27-29-48-45(31-37)54(3,4)46-32-42-40-17-10-13-21-49(40)57-52(42)50-41-18-9-12-20-47(41)56(48)51(46)50/h5-27,29-32,39H,28H2,1-4H3. The molecule has 2 nitrogen and oxygen atoms in total. The fraction of sp³-hybridized carbons (Fsp3) is 0.148. The second-order valence-electron chi connectivity index (χ2n) is 17.3. The van der Waals surface area contributed by atoms with Crippen LogP contribution in [0, 0.1) is 0 Å². The first-order valence-electron chi connectivity index (χ1n) is 20.3. The molecule has 0 radical (unpaired) electrons. The molecule has 1 unspecified atom stereocenters. The molecule has 12 rings (SSSR count). The Kier molecular flexibility index (Phi) is 6.77. The minimum absolute atomic E-state index is 0.0355. The van der Waals surface area contributed by atoms with Crippen LogP contribution in [0.1, 0.15) is 67.9 Å². The highest BCUT2D eigenvalue weighted by Gasteiger charge is 2.42. The molecule has 3 heterocycles. The van der Waals surface area contributed by atoms with Crippen molar-refractivity contribution in [3.05, 3.63) is 197 Å². The van der Waals surface area contributed by atoms with Crippen LogP contribution in [0.3, 0.4) is 0 Å². The summed E-state index contributed by atoms with van der Waals surface area (Å²) in [5, 5.41) is 5.41. The molecule has 0 saturated heterocycles. The number of hydrogen-bond donors (Lipinski definition) is 0. The van der Waals surface area contributed by atoms with Gasteiger partial charge in [0.05, 0.1) is 16.7 Å². The summed E-state index contributed by atoms with van der Waals surface area (Å²) in [5.41, 5.74) is 16.9. The van der Waals surface area contributed by atoms with Gasteiger partial charge >= 0.3 is 0 Å². The number of hydrogen-bond acceptors (Lipinski definition) is 2. The largest absolute Gasteiger partial charge is 0.310 e. The smallest absolute Gasteiger partial charge is 0.0596 e.